The van der Waals surface area contributed by atoms with Crippen molar-refractivity contribution >= 4 is 55.4 Å². The van der Waals surface area contributed by atoms with E-state index in [0.717, 1.165) is 57.1 Å². The Labute approximate surface area is 230 Å². The molecule has 5 nitrogen and oxygen atoms in total. The van der Waals surface area contributed by atoms with Gasteiger partial charge in [0.1, 0.15) is 11.3 Å². The van der Waals surface area contributed by atoms with Gasteiger partial charge in [-0.2, -0.15) is 0 Å². The molecule has 0 unspecified atom stereocenters. The molecule has 0 saturated heterocycles. The first-order valence-corrected chi connectivity index (χ1v) is 13.7. The fourth-order valence-electron chi connectivity index (χ4n) is 4.71. The number of unbranched alkanes of at least 4 members (excludes halogenated alkanes) is 2. The molecule has 7 heteroatoms. The molecule has 1 amide bonds. The first-order chi connectivity index (χ1) is 18.1. The van der Waals surface area contributed by atoms with Gasteiger partial charge in [-0.15, -0.1) is 0 Å². The molecule has 2 aromatic heterocycles. The number of carbonyl (C=O) groups is 1. The molecule has 5 aromatic rings. The number of aromatic nitrogens is 3. The summed E-state index contributed by atoms with van der Waals surface area (Å²) in [6.45, 7) is 3.72. The van der Waals surface area contributed by atoms with Crippen LogP contribution in [0.1, 0.15) is 47.9 Å². The average Bonchev–Trinajstić information content (AvgIpc) is 3.25. The minimum Gasteiger partial charge on any atom is -0.331 e. The second-order valence-corrected chi connectivity index (χ2v) is 10.4. The molecule has 0 bridgehead atoms. The highest BCUT2D eigenvalue weighted by atomic mass is 79.9. The molecular weight excluding hydrogens is 548 g/mol. The van der Waals surface area contributed by atoms with E-state index in [1.807, 2.05) is 77.7 Å². The normalized spacial score (nSPS) is 11.3. The fourth-order valence-corrected chi connectivity index (χ4v) is 5.50. The summed E-state index contributed by atoms with van der Waals surface area (Å²) in [5.74, 6) is 0.788. The monoisotopic (exact) mass is 574 g/mol. The Balaban J connectivity index is 1.56. The van der Waals surface area contributed by atoms with Crippen molar-refractivity contribution in [3.05, 3.63) is 105 Å². The summed E-state index contributed by atoms with van der Waals surface area (Å²) >= 11 is 10.2. The molecule has 0 atom stereocenters. The summed E-state index contributed by atoms with van der Waals surface area (Å²) in [7, 11) is 0. The first-order valence-electron chi connectivity index (χ1n) is 12.6. The third kappa shape index (κ3) is 5.41. The highest BCUT2D eigenvalue weighted by Gasteiger charge is 2.23. The Kier molecular flexibility index (Phi) is 7.87. The fraction of sp³-hybridized carbons (Fsp3) is 0.233. The van der Waals surface area contributed by atoms with Crippen molar-refractivity contribution in [2.45, 2.75) is 39.3 Å². The summed E-state index contributed by atoms with van der Waals surface area (Å²) in [6, 6.07) is 23.6. The molecule has 0 aliphatic rings. The lowest BCUT2D eigenvalue weighted by atomic mass is 10.0. The molecule has 2 heterocycles. The average molecular weight is 576 g/mol. The molecule has 0 aliphatic carbocycles. The largest absolute Gasteiger partial charge is 0.331 e. The van der Waals surface area contributed by atoms with Crippen molar-refractivity contribution in [2.75, 3.05) is 6.54 Å². The van der Waals surface area contributed by atoms with Crippen molar-refractivity contribution in [1.82, 2.24) is 19.4 Å². The van der Waals surface area contributed by atoms with Gasteiger partial charge < -0.3 is 9.47 Å². The molecule has 0 saturated carbocycles. The van der Waals surface area contributed by atoms with Crippen LogP contribution in [0.3, 0.4) is 0 Å². The van der Waals surface area contributed by atoms with Crippen LogP contribution in [0.15, 0.2) is 83.5 Å². The SMILES string of the molecule is CCCCCN(Cc1nc2cccnc2n1Cc1ccccc1Cl)C(=O)c1cccc2cccc(Br)c12. The van der Waals surface area contributed by atoms with E-state index in [9.17, 15) is 4.79 Å². The summed E-state index contributed by atoms with van der Waals surface area (Å²) in [5.41, 5.74) is 3.26. The maximum absolute atomic E-state index is 14.1. The van der Waals surface area contributed by atoms with Gasteiger partial charge in [0.05, 0.1) is 13.1 Å². The molecule has 188 valence electrons. The van der Waals surface area contributed by atoms with Crippen LogP contribution in [0.4, 0.5) is 0 Å². The number of hydrogen-bond acceptors (Lipinski definition) is 3. The molecule has 5 rings (SSSR count). The predicted octanol–water partition coefficient (Wildman–Crippen LogP) is 7.88. The van der Waals surface area contributed by atoms with Crippen LogP contribution in [0.2, 0.25) is 5.02 Å². The number of carbonyl (C=O) groups excluding carboxylic acids is 1. The first kappa shape index (κ1) is 25.4. The second-order valence-electron chi connectivity index (χ2n) is 9.13. The van der Waals surface area contributed by atoms with Gasteiger partial charge in [-0.25, -0.2) is 9.97 Å². The maximum Gasteiger partial charge on any atom is 0.254 e. The van der Waals surface area contributed by atoms with Crippen molar-refractivity contribution in [3.63, 3.8) is 0 Å². The Morgan fingerprint density at radius 3 is 2.62 bits per heavy atom. The minimum absolute atomic E-state index is 0.00193. The highest BCUT2D eigenvalue weighted by molar-refractivity contribution is 9.10. The molecule has 0 fully saturated rings. The molecule has 0 N–H and O–H groups in total. The van der Waals surface area contributed by atoms with E-state index in [0.29, 0.717) is 30.2 Å². The topological polar surface area (TPSA) is 51.0 Å². The van der Waals surface area contributed by atoms with Crippen molar-refractivity contribution in [2.24, 2.45) is 0 Å². The lowest BCUT2D eigenvalue weighted by Gasteiger charge is -2.24. The zero-order valence-electron chi connectivity index (χ0n) is 20.7. The number of fused-ring (bicyclic) bond motifs is 2. The van der Waals surface area contributed by atoms with Crippen LogP contribution in [0.25, 0.3) is 21.9 Å². The van der Waals surface area contributed by atoms with Gasteiger partial charge in [0.25, 0.3) is 5.91 Å². The molecule has 37 heavy (non-hydrogen) atoms. The van der Waals surface area contributed by atoms with Crippen molar-refractivity contribution in [1.29, 1.82) is 0 Å². The predicted molar refractivity (Wildman–Crippen MR) is 154 cm³/mol. The van der Waals surface area contributed by atoms with E-state index in [2.05, 4.69) is 32.4 Å². The quantitative estimate of drug-likeness (QED) is 0.168. The van der Waals surface area contributed by atoms with Crippen LogP contribution in [0.5, 0.6) is 0 Å². The van der Waals surface area contributed by atoms with Gasteiger partial charge >= 0.3 is 0 Å². The number of hydrogen-bond donors (Lipinski definition) is 0. The summed E-state index contributed by atoms with van der Waals surface area (Å²) in [6.07, 6.45) is 4.84. The van der Waals surface area contributed by atoms with Crippen LogP contribution >= 0.6 is 27.5 Å². The van der Waals surface area contributed by atoms with Crippen LogP contribution in [-0.2, 0) is 13.1 Å². The zero-order valence-corrected chi connectivity index (χ0v) is 23.0. The summed E-state index contributed by atoms with van der Waals surface area (Å²) < 4.78 is 2.99. The van der Waals surface area contributed by atoms with Crippen molar-refractivity contribution in [3.8, 4) is 0 Å². The van der Waals surface area contributed by atoms with Gasteiger partial charge in [-0.3, -0.25) is 4.79 Å². The third-order valence-corrected chi connectivity index (χ3v) is 7.63. The lowest BCUT2D eigenvalue weighted by Crippen LogP contribution is -2.33. The van der Waals surface area contributed by atoms with Crippen molar-refractivity contribution < 1.29 is 4.79 Å². The van der Waals surface area contributed by atoms with Crippen LogP contribution in [0, 0.1) is 0 Å². The molecular formula is C30H28BrClN4O. The van der Waals surface area contributed by atoms with E-state index in [-0.39, 0.29) is 5.91 Å². The Bertz CT molecular complexity index is 1560. The summed E-state index contributed by atoms with van der Waals surface area (Å²) in [5, 5.41) is 2.66. The number of pyridine rings is 1. The van der Waals surface area contributed by atoms with Gasteiger partial charge in [0.15, 0.2) is 5.65 Å². The van der Waals surface area contributed by atoms with E-state index < -0.39 is 0 Å². The van der Waals surface area contributed by atoms with E-state index in [4.69, 9.17) is 16.6 Å². The zero-order chi connectivity index (χ0) is 25.8. The van der Waals surface area contributed by atoms with E-state index >= 15 is 0 Å². The molecule has 0 aliphatic heterocycles. The van der Waals surface area contributed by atoms with E-state index in [1.54, 1.807) is 6.20 Å². The lowest BCUT2D eigenvalue weighted by molar-refractivity contribution is 0.0736. The molecule has 3 aromatic carbocycles. The highest BCUT2D eigenvalue weighted by Crippen LogP contribution is 2.29. The van der Waals surface area contributed by atoms with Crippen LogP contribution < -0.4 is 0 Å². The smallest absolute Gasteiger partial charge is 0.254 e. The number of benzene rings is 3. The van der Waals surface area contributed by atoms with Crippen LogP contribution in [-0.4, -0.2) is 31.9 Å². The number of nitrogens with zero attached hydrogens (tertiary/aromatic N) is 4. The van der Waals surface area contributed by atoms with Gasteiger partial charge in [-0.1, -0.05) is 89.8 Å². The van der Waals surface area contributed by atoms with Gasteiger partial charge in [0, 0.05) is 33.2 Å². The number of halogens is 2. The second kappa shape index (κ2) is 11.4. The number of imidazole rings is 1. The molecule has 0 spiro atoms. The Hall–Kier alpha value is -3.22. The minimum atomic E-state index is -0.00193. The Morgan fingerprint density at radius 2 is 1.81 bits per heavy atom. The molecule has 0 radical (unpaired) electrons. The Morgan fingerprint density at radius 1 is 1.00 bits per heavy atom. The van der Waals surface area contributed by atoms with Gasteiger partial charge in [-0.05, 0) is 47.7 Å². The van der Waals surface area contributed by atoms with E-state index in [1.165, 1.54) is 0 Å². The standard InChI is InChI=1S/C30H28BrClN4O/c1-2-3-6-18-35(30(37)23-13-7-11-21-12-8-14-24(31)28(21)23)20-27-34-26-16-9-17-33-29(26)36(27)19-22-10-4-5-15-25(22)32/h4-5,7-17H,2-3,6,18-20H2,1H3. The number of amides is 1. The summed E-state index contributed by atoms with van der Waals surface area (Å²) in [4.78, 5) is 25.5. The maximum atomic E-state index is 14.1. The van der Waals surface area contributed by atoms with Gasteiger partial charge in [0.2, 0.25) is 0 Å². The third-order valence-electron chi connectivity index (χ3n) is 6.60. The number of rotatable bonds is 9.